The molecule has 0 amide bonds. The van der Waals surface area contributed by atoms with E-state index in [-0.39, 0.29) is 5.95 Å². The van der Waals surface area contributed by atoms with E-state index in [2.05, 4.69) is 54.9 Å². The summed E-state index contributed by atoms with van der Waals surface area (Å²) in [5.41, 5.74) is 8.03. The summed E-state index contributed by atoms with van der Waals surface area (Å²) in [6.07, 6.45) is 1.69. The van der Waals surface area contributed by atoms with Crippen molar-refractivity contribution in [3.63, 3.8) is 0 Å². The van der Waals surface area contributed by atoms with E-state index in [9.17, 15) is 0 Å². The van der Waals surface area contributed by atoms with Crippen LogP contribution in [0, 0.1) is 0 Å². The molecule has 0 radical (unpaired) electrons. The summed E-state index contributed by atoms with van der Waals surface area (Å²) in [5.74, 6) is 1.10. The number of aromatic nitrogens is 2. The van der Waals surface area contributed by atoms with Gasteiger partial charge in [-0.1, -0.05) is 12.1 Å². The van der Waals surface area contributed by atoms with Gasteiger partial charge in [-0.15, -0.1) is 0 Å². The molecule has 0 saturated heterocycles. The molecule has 0 bridgehead atoms. The number of nitrogens with zero attached hydrogens (tertiary/aromatic N) is 4. The van der Waals surface area contributed by atoms with Crippen LogP contribution in [0.15, 0.2) is 34.9 Å². The highest BCUT2D eigenvalue weighted by molar-refractivity contribution is 9.10. The Kier molecular flexibility index (Phi) is 3.02. The molecular formula is C13H14BrN5. The lowest BCUT2D eigenvalue weighted by molar-refractivity contribution is 0.810. The number of nitrogen functional groups attached to an aromatic ring is 1. The van der Waals surface area contributed by atoms with Crippen LogP contribution in [-0.4, -0.2) is 30.1 Å². The van der Waals surface area contributed by atoms with Crippen molar-refractivity contribution in [1.29, 1.82) is 0 Å². The number of fused-ring (bicyclic) bond motifs is 1. The number of nitrogens with two attached hydrogens (primary N) is 1. The Bertz CT molecular complexity index is 616. The number of halogens is 1. The summed E-state index contributed by atoms with van der Waals surface area (Å²) in [6.45, 7) is 1.80. The first-order valence-corrected chi connectivity index (χ1v) is 6.82. The van der Waals surface area contributed by atoms with Gasteiger partial charge in [0.2, 0.25) is 5.95 Å². The minimum Gasteiger partial charge on any atom is -0.371 e. The van der Waals surface area contributed by atoms with Gasteiger partial charge in [0.05, 0.1) is 15.8 Å². The molecule has 1 aromatic carbocycles. The topological polar surface area (TPSA) is 58.3 Å². The molecule has 0 fully saturated rings. The second kappa shape index (κ2) is 4.70. The molecule has 98 valence electrons. The summed E-state index contributed by atoms with van der Waals surface area (Å²) in [5, 5.41) is 0. The fraction of sp³-hybridized carbons (Fsp3) is 0.231. The van der Waals surface area contributed by atoms with Gasteiger partial charge < -0.3 is 15.5 Å². The third-order valence-electron chi connectivity index (χ3n) is 3.24. The standard InChI is InChI=1S/C13H14BrN5/c1-18-6-7-19(11-5-3-2-4-10(11)18)12-9(14)8-16-13(15)17-12/h2-5,8H,6-7H2,1H3,(H2,15,16,17). The van der Waals surface area contributed by atoms with Crippen LogP contribution >= 0.6 is 15.9 Å². The molecule has 2 aromatic rings. The lowest BCUT2D eigenvalue weighted by Gasteiger charge is -2.36. The zero-order valence-electron chi connectivity index (χ0n) is 10.5. The summed E-state index contributed by atoms with van der Waals surface area (Å²) in [7, 11) is 2.10. The minimum absolute atomic E-state index is 0.287. The summed E-state index contributed by atoms with van der Waals surface area (Å²) in [4.78, 5) is 12.7. The summed E-state index contributed by atoms with van der Waals surface area (Å²) in [6, 6.07) is 8.28. The van der Waals surface area contributed by atoms with Gasteiger partial charge in [-0.25, -0.2) is 4.98 Å². The Labute approximate surface area is 120 Å². The lowest BCUT2D eigenvalue weighted by Crippen LogP contribution is -2.37. The maximum atomic E-state index is 5.70. The van der Waals surface area contributed by atoms with E-state index in [1.807, 2.05) is 12.1 Å². The number of likely N-dealkylation sites (N-methyl/N-ethyl adjacent to an activating group) is 1. The van der Waals surface area contributed by atoms with Crippen molar-refractivity contribution in [3.8, 4) is 0 Å². The van der Waals surface area contributed by atoms with E-state index in [0.717, 1.165) is 29.1 Å². The molecule has 3 rings (SSSR count). The van der Waals surface area contributed by atoms with Gasteiger partial charge in [0.15, 0.2) is 5.82 Å². The van der Waals surface area contributed by atoms with Crippen LogP contribution in [0.25, 0.3) is 0 Å². The van der Waals surface area contributed by atoms with Gasteiger partial charge in [0.1, 0.15) is 0 Å². The van der Waals surface area contributed by atoms with E-state index in [0.29, 0.717) is 0 Å². The minimum atomic E-state index is 0.287. The van der Waals surface area contributed by atoms with Gasteiger partial charge >= 0.3 is 0 Å². The van der Waals surface area contributed by atoms with Crippen LogP contribution in [0.2, 0.25) is 0 Å². The third kappa shape index (κ3) is 2.12. The van der Waals surface area contributed by atoms with Crippen molar-refractivity contribution in [2.75, 3.05) is 35.7 Å². The number of hydrogen-bond acceptors (Lipinski definition) is 5. The largest absolute Gasteiger partial charge is 0.371 e. The molecule has 0 spiro atoms. The Hall–Kier alpha value is -1.82. The fourth-order valence-electron chi connectivity index (χ4n) is 2.29. The van der Waals surface area contributed by atoms with Crippen LogP contribution in [0.1, 0.15) is 0 Å². The Balaban J connectivity index is 2.12. The van der Waals surface area contributed by atoms with Gasteiger partial charge in [-0.3, -0.25) is 0 Å². The second-order valence-corrected chi connectivity index (χ2v) is 5.32. The van der Waals surface area contributed by atoms with Crippen LogP contribution in [0.5, 0.6) is 0 Å². The second-order valence-electron chi connectivity index (χ2n) is 4.46. The molecule has 0 aliphatic carbocycles. The van der Waals surface area contributed by atoms with E-state index < -0.39 is 0 Å². The van der Waals surface area contributed by atoms with Crippen molar-refractivity contribution in [3.05, 3.63) is 34.9 Å². The highest BCUT2D eigenvalue weighted by Gasteiger charge is 2.23. The zero-order chi connectivity index (χ0) is 13.4. The summed E-state index contributed by atoms with van der Waals surface area (Å²) < 4.78 is 0.848. The van der Waals surface area contributed by atoms with Gasteiger partial charge in [0, 0.05) is 26.3 Å². The molecule has 2 N–H and O–H groups in total. The van der Waals surface area contributed by atoms with Crippen molar-refractivity contribution >= 4 is 39.1 Å². The lowest BCUT2D eigenvalue weighted by atomic mass is 10.2. The number of benzene rings is 1. The first kappa shape index (κ1) is 12.2. The normalized spacial score (nSPS) is 14.4. The highest BCUT2D eigenvalue weighted by Crippen LogP contribution is 2.38. The Morgan fingerprint density at radius 3 is 2.74 bits per heavy atom. The molecule has 1 aliphatic rings. The van der Waals surface area contributed by atoms with E-state index in [4.69, 9.17) is 5.73 Å². The van der Waals surface area contributed by atoms with Crippen LogP contribution in [0.3, 0.4) is 0 Å². The van der Waals surface area contributed by atoms with Gasteiger partial charge in [-0.2, -0.15) is 4.98 Å². The molecule has 5 nitrogen and oxygen atoms in total. The molecule has 0 unspecified atom stereocenters. The number of hydrogen-bond donors (Lipinski definition) is 1. The molecule has 6 heteroatoms. The van der Waals surface area contributed by atoms with Crippen LogP contribution in [0.4, 0.5) is 23.1 Å². The van der Waals surface area contributed by atoms with Gasteiger partial charge in [0.25, 0.3) is 0 Å². The first-order valence-electron chi connectivity index (χ1n) is 6.02. The molecule has 2 heterocycles. The molecule has 0 saturated carbocycles. The molecule has 1 aliphatic heterocycles. The maximum absolute atomic E-state index is 5.70. The number of para-hydroxylation sites is 2. The van der Waals surface area contributed by atoms with Crippen molar-refractivity contribution in [1.82, 2.24) is 9.97 Å². The van der Waals surface area contributed by atoms with Crippen LogP contribution < -0.4 is 15.5 Å². The van der Waals surface area contributed by atoms with Crippen molar-refractivity contribution in [2.45, 2.75) is 0 Å². The fourth-order valence-corrected chi connectivity index (χ4v) is 2.69. The van der Waals surface area contributed by atoms with Crippen molar-refractivity contribution < 1.29 is 0 Å². The predicted molar refractivity (Wildman–Crippen MR) is 80.9 cm³/mol. The van der Waals surface area contributed by atoms with Crippen LogP contribution in [-0.2, 0) is 0 Å². The molecule has 1 aromatic heterocycles. The van der Waals surface area contributed by atoms with E-state index >= 15 is 0 Å². The average molecular weight is 320 g/mol. The zero-order valence-corrected chi connectivity index (χ0v) is 12.1. The van der Waals surface area contributed by atoms with E-state index in [1.54, 1.807) is 6.20 Å². The molecular weight excluding hydrogens is 306 g/mol. The smallest absolute Gasteiger partial charge is 0.222 e. The maximum Gasteiger partial charge on any atom is 0.222 e. The van der Waals surface area contributed by atoms with Gasteiger partial charge in [-0.05, 0) is 28.1 Å². The summed E-state index contributed by atoms with van der Waals surface area (Å²) >= 11 is 3.50. The third-order valence-corrected chi connectivity index (χ3v) is 3.80. The highest BCUT2D eigenvalue weighted by atomic mass is 79.9. The first-order chi connectivity index (χ1) is 9.16. The number of rotatable bonds is 1. The monoisotopic (exact) mass is 319 g/mol. The quantitative estimate of drug-likeness (QED) is 0.874. The predicted octanol–water partition coefficient (Wildman–Crippen LogP) is 2.41. The Morgan fingerprint density at radius 2 is 1.95 bits per heavy atom. The molecule has 19 heavy (non-hydrogen) atoms. The SMILES string of the molecule is CN1CCN(c2nc(N)ncc2Br)c2ccccc21. The Morgan fingerprint density at radius 1 is 1.21 bits per heavy atom. The average Bonchev–Trinajstić information content (AvgIpc) is 2.43. The number of anilines is 4. The van der Waals surface area contributed by atoms with E-state index in [1.165, 1.54) is 5.69 Å². The molecule has 0 atom stereocenters. The van der Waals surface area contributed by atoms with Crippen molar-refractivity contribution in [2.24, 2.45) is 0 Å².